The van der Waals surface area contributed by atoms with Crippen LogP contribution in [0.2, 0.25) is 0 Å². The van der Waals surface area contributed by atoms with E-state index in [1.54, 1.807) is 5.57 Å². The minimum Gasteiger partial charge on any atom is -0.393 e. The number of allylic oxidation sites excluding steroid dienone is 2. The largest absolute Gasteiger partial charge is 0.393 e. The van der Waals surface area contributed by atoms with Crippen molar-refractivity contribution in [3.8, 4) is 0 Å². The van der Waals surface area contributed by atoms with Crippen molar-refractivity contribution >= 4 is 0 Å². The summed E-state index contributed by atoms with van der Waals surface area (Å²) in [6, 6.07) is 0. The van der Waals surface area contributed by atoms with Crippen molar-refractivity contribution < 1.29 is 14.9 Å². The summed E-state index contributed by atoms with van der Waals surface area (Å²) in [5.41, 5.74) is 1.30. The van der Waals surface area contributed by atoms with E-state index in [1.807, 2.05) is 0 Å². The first-order valence-electron chi connectivity index (χ1n) is 13.5. The Bertz CT molecular complexity index is 800. The molecule has 2 spiro atoms. The van der Waals surface area contributed by atoms with E-state index in [-0.39, 0.29) is 17.1 Å². The molecule has 6 aliphatic rings. The molecule has 4 fully saturated rings. The molecule has 0 amide bonds. The van der Waals surface area contributed by atoms with E-state index in [1.165, 1.54) is 38.5 Å². The minimum absolute atomic E-state index is 0.0718. The lowest BCUT2D eigenvalue weighted by atomic mass is 9.42. The lowest BCUT2D eigenvalue weighted by molar-refractivity contribution is -0.497. The van der Waals surface area contributed by atoms with Gasteiger partial charge in [-0.3, -0.25) is 0 Å². The Labute approximate surface area is 195 Å². The standard InChI is InChI=1S/C29H46O3/c1-7-21(19(2)3)9-8-20(4)23-10-11-24-26(23,5)14-13-25-27(6)15-12-22(30)18-28(27)16-17-29(24,25)32-31-28/h7,16-17,19-20,22-25,30H,8-15,18H2,1-6H3/b21-7+/t20-,22+,23-,24-,25-,26-,27-,28-,29+/m1/s1. The number of aliphatic hydroxyl groups excluding tert-OH is 1. The Morgan fingerprint density at radius 2 is 1.81 bits per heavy atom. The highest BCUT2D eigenvalue weighted by Gasteiger charge is 2.74. The minimum atomic E-state index is -0.435. The molecule has 3 heteroatoms. The molecule has 0 aromatic heterocycles. The first-order chi connectivity index (χ1) is 15.1. The van der Waals surface area contributed by atoms with Crippen molar-refractivity contribution in [2.75, 3.05) is 0 Å². The van der Waals surface area contributed by atoms with Crippen LogP contribution in [0.15, 0.2) is 23.8 Å². The third-order valence-corrected chi connectivity index (χ3v) is 11.4. The molecule has 1 N–H and O–H groups in total. The van der Waals surface area contributed by atoms with Crippen LogP contribution in [0.5, 0.6) is 0 Å². The van der Waals surface area contributed by atoms with E-state index in [0.29, 0.717) is 29.6 Å². The average molecular weight is 443 g/mol. The lowest BCUT2D eigenvalue weighted by Crippen LogP contribution is -2.73. The molecule has 32 heavy (non-hydrogen) atoms. The number of aliphatic hydroxyl groups is 1. The molecule has 0 unspecified atom stereocenters. The molecular weight excluding hydrogens is 396 g/mol. The Morgan fingerprint density at radius 1 is 1.03 bits per heavy atom. The van der Waals surface area contributed by atoms with Crippen LogP contribution in [-0.2, 0) is 9.78 Å². The normalized spacial score (nSPS) is 50.8. The van der Waals surface area contributed by atoms with Gasteiger partial charge in [0, 0.05) is 23.7 Å². The summed E-state index contributed by atoms with van der Waals surface area (Å²) in [5, 5.41) is 10.4. The predicted molar refractivity (Wildman–Crippen MR) is 129 cm³/mol. The molecule has 180 valence electrons. The van der Waals surface area contributed by atoms with Crippen LogP contribution in [0.25, 0.3) is 0 Å². The molecule has 4 aliphatic carbocycles. The second kappa shape index (κ2) is 7.68. The fourth-order valence-electron chi connectivity index (χ4n) is 9.44. The molecule has 9 atom stereocenters. The molecule has 0 aromatic carbocycles. The summed E-state index contributed by atoms with van der Waals surface area (Å²) in [6.07, 6.45) is 17.1. The average Bonchev–Trinajstić information content (AvgIpc) is 3.12. The highest BCUT2D eigenvalue weighted by Crippen LogP contribution is 2.72. The quantitative estimate of drug-likeness (QED) is 0.368. The van der Waals surface area contributed by atoms with Crippen LogP contribution in [0.4, 0.5) is 0 Å². The van der Waals surface area contributed by atoms with Gasteiger partial charge in [0.05, 0.1) is 6.10 Å². The van der Waals surface area contributed by atoms with Gasteiger partial charge in [0.1, 0.15) is 11.2 Å². The van der Waals surface area contributed by atoms with Crippen LogP contribution in [-0.4, -0.2) is 22.4 Å². The maximum atomic E-state index is 10.4. The topological polar surface area (TPSA) is 38.7 Å². The zero-order valence-corrected chi connectivity index (χ0v) is 21.3. The predicted octanol–water partition coefficient (Wildman–Crippen LogP) is 7.01. The Kier molecular flexibility index (Phi) is 5.55. The van der Waals surface area contributed by atoms with Crippen molar-refractivity contribution in [3.63, 3.8) is 0 Å². The van der Waals surface area contributed by atoms with E-state index in [9.17, 15) is 5.11 Å². The number of hydrogen-bond donors (Lipinski definition) is 1. The smallest absolute Gasteiger partial charge is 0.130 e. The summed E-state index contributed by atoms with van der Waals surface area (Å²) in [6.45, 7) is 14.4. The lowest BCUT2D eigenvalue weighted by Gasteiger charge is -2.69. The van der Waals surface area contributed by atoms with Gasteiger partial charge in [-0.1, -0.05) is 52.3 Å². The van der Waals surface area contributed by atoms with Crippen molar-refractivity contribution in [2.24, 2.45) is 40.4 Å². The molecule has 6 rings (SSSR count). The first kappa shape index (κ1) is 23.1. The highest BCUT2D eigenvalue weighted by atomic mass is 17.2. The highest BCUT2D eigenvalue weighted by molar-refractivity contribution is 5.33. The van der Waals surface area contributed by atoms with E-state index in [0.717, 1.165) is 24.7 Å². The molecule has 2 aliphatic heterocycles. The third-order valence-electron chi connectivity index (χ3n) is 11.4. The van der Waals surface area contributed by atoms with Gasteiger partial charge < -0.3 is 5.11 Å². The van der Waals surface area contributed by atoms with E-state index >= 15 is 0 Å². The van der Waals surface area contributed by atoms with Crippen molar-refractivity contribution in [2.45, 2.75) is 117 Å². The van der Waals surface area contributed by atoms with Crippen LogP contribution in [0.1, 0.15) is 99.3 Å². The molecular formula is C29H46O3. The third kappa shape index (κ3) is 2.96. The maximum Gasteiger partial charge on any atom is 0.130 e. The molecule has 0 aromatic rings. The van der Waals surface area contributed by atoms with Crippen LogP contribution in [0, 0.1) is 40.4 Å². The van der Waals surface area contributed by atoms with E-state index < -0.39 is 5.60 Å². The Hall–Kier alpha value is -0.640. The van der Waals surface area contributed by atoms with Gasteiger partial charge in [-0.05, 0) is 87.5 Å². The van der Waals surface area contributed by atoms with Gasteiger partial charge >= 0.3 is 0 Å². The van der Waals surface area contributed by atoms with E-state index in [2.05, 4.69) is 59.8 Å². The fourth-order valence-corrected chi connectivity index (χ4v) is 9.44. The van der Waals surface area contributed by atoms with E-state index in [4.69, 9.17) is 9.78 Å². The number of rotatable bonds is 5. The van der Waals surface area contributed by atoms with Gasteiger partial charge in [0.2, 0.25) is 0 Å². The van der Waals surface area contributed by atoms with Crippen LogP contribution >= 0.6 is 0 Å². The van der Waals surface area contributed by atoms with Gasteiger partial charge in [-0.2, -0.15) is 0 Å². The summed E-state index contributed by atoms with van der Waals surface area (Å²) in [4.78, 5) is 12.8. The molecule has 1 saturated heterocycles. The molecule has 3 nitrogen and oxygen atoms in total. The zero-order chi connectivity index (χ0) is 22.9. The second-order valence-corrected chi connectivity index (χ2v) is 12.9. The van der Waals surface area contributed by atoms with Crippen LogP contribution in [0.3, 0.4) is 0 Å². The molecule has 2 heterocycles. The molecule has 2 bridgehead atoms. The van der Waals surface area contributed by atoms with Gasteiger partial charge in [-0.15, -0.1) is 0 Å². The Morgan fingerprint density at radius 3 is 2.47 bits per heavy atom. The summed E-state index contributed by atoms with van der Waals surface area (Å²) in [7, 11) is 0. The second-order valence-electron chi connectivity index (χ2n) is 12.9. The SMILES string of the molecule is C/C=C(\CC[C@@H](C)[C@H]1CC[C@@H]2[C@]1(C)CC[C@H]1[C@]23C=C[C@]2(C[C@@H](O)CC[C@]12C)OO3)C(C)C. The fraction of sp³-hybridized carbons (Fsp3) is 0.862. The van der Waals surface area contributed by atoms with Gasteiger partial charge in [0.25, 0.3) is 0 Å². The van der Waals surface area contributed by atoms with Crippen molar-refractivity contribution in [1.29, 1.82) is 0 Å². The van der Waals surface area contributed by atoms with Crippen molar-refractivity contribution in [3.05, 3.63) is 23.8 Å². The molecule has 3 saturated carbocycles. The Balaban J connectivity index is 1.41. The first-order valence-corrected chi connectivity index (χ1v) is 13.5. The molecule has 0 radical (unpaired) electrons. The number of hydrogen-bond acceptors (Lipinski definition) is 3. The maximum absolute atomic E-state index is 10.4. The zero-order valence-electron chi connectivity index (χ0n) is 21.3. The monoisotopic (exact) mass is 442 g/mol. The van der Waals surface area contributed by atoms with Crippen LogP contribution < -0.4 is 0 Å². The number of fused-ring (bicyclic) bond motifs is 2. The van der Waals surface area contributed by atoms with Gasteiger partial charge in [0.15, 0.2) is 0 Å². The van der Waals surface area contributed by atoms with Gasteiger partial charge in [-0.25, -0.2) is 9.78 Å². The summed E-state index contributed by atoms with van der Waals surface area (Å²) in [5.74, 6) is 3.20. The summed E-state index contributed by atoms with van der Waals surface area (Å²) < 4.78 is 0. The van der Waals surface area contributed by atoms with Crippen molar-refractivity contribution in [1.82, 2.24) is 0 Å². The summed E-state index contributed by atoms with van der Waals surface area (Å²) >= 11 is 0.